The van der Waals surface area contributed by atoms with Gasteiger partial charge in [0, 0.05) is 28.1 Å². The van der Waals surface area contributed by atoms with E-state index < -0.39 is 7.14 Å². The summed E-state index contributed by atoms with van der Waals surface area (Å²) in [7, 11) is -2.64. The molecular formula is C15H19N2OP. The van der Waals surface area contributed by atoms with Gasteiger partial charge in [-0.3, -0.25) is 0 Å². The SMILES string of the molecule is CCCP(=O)(c1cccc(N)c1)c1cccc(N)c1. The fourth-order valence-corrected chi connectivity index (χ4v) is 5.03. The molecule has 0 bridgehead atoms. The molecule has 2 aromatic carbocycles. The van der Waals surface area contributed by atoms with Gasteiger partial charge in [0.15, 0.2) is 0 Å². The Morgan fingerprint density at radius 2 is 1.42 bits per heavy atom. The lowest BCUT2D eigenvalue weighted by atomic mass is 10.3. The van der Waals surface area contributed by atoms with Gasteiger partial charge in [0.2, 0.25) is 0 Å². The lowest BCUT2D eigenvalue weighted by molar-refractivity contribution is 0.586. The summed E-state index contributed by atoms with van der Waals surface area (Å²) in [6, 6.07) is 14.7. The van der Waals surface area contributed by atoms with Crippen LogP contribution in [0.4, 0.5) is 11.4 Å². The number of anilines is 2. The van der Waals surface area contributed by atoms with Crippen molar-refractivity contribution in [3.8, 4) is 0 Å². The smallest absolute Gasteiger partial charge is 0.143 e. The van der Waals surface area contributed by atoms with Crippen LogP contribution in [0.15, 0.2) is 48.5 Å². The standard InChI is InChI=1S/C15H19N2OP/c1-2-9-19(18,14-7-3-5-12(16)10-14)15-8-4-6-13(17)11-15/h3-8,10-11H,2,9,16-17H2,1H3. The van der Waals surface area contributed by atoms with Crippen LogP contribution in [0.5, 0.6) is 0 Å². The number of hydrogen-bond acceptors (Lipinski definition) is 3. The van der Waals surface area contributed by atoms with E-state index in [-0.39, 0.29) is 0 Å². The van der Waals surface area contributed by atoms with Gasteiger partial charge in [-0.1, -0.05) is 31.2 Å². The Bertz CT molecular complexity index is 576. The Hall–Kier alpha value is -1.73. The lowest BCUT2D eigenvalue weighted by Gasteiger charge is -2.19. The van der Waals surface area contributed by atoms with Crippen molar-refractivity contribution < 1.29 is 4.57 Å². The molecule has 0 radical (unpaired) electrons. The maximum Gasteiger partial charge on any atom is 0.143 e. The lowest BCUT2D eigenvalue weighted by Crippen LogP contribution is -2.19. The molecule has 19 heavy (non-hydrogen) atoms. The fourth-order valence-electron chi connectivity index (χ4n) is 2.22. The van der Waals surface area contributed by atoms with Crippen molar-refractivity contribution in [2.45, 2.75) is 13.3 Å². The Morgan fingerprint density at radius 3 is 1.79 bits per heavy atom. The summed E-state index contributed by atoms with van der Waals surface area (Å²) >= 11 is 0. The maximum absolute atomic E-state index is 13.4. The van der Waals surface area contributed by atoms with Gasteiger partial charge in [-0.15, -0.1) is 0 Å². The van der Waals surface area contributed by atoms with Crippen molar-refractivity contribution in [3.05, 3.63) is 48.5 Å². The largest absolute Gasteiger partial charge is 0.399 e. The molecule has 0 aliphatic carbocycles. The summed E-state index contributed by atoms with van der Waals surface area (Å²) in [5.74, 6) is 0. The Balaban J connectivity index is 2.58. The molecule has 0 heterocycles. The number of nitrogen functional groups attached to an aromatic ring is 2. The van der Waals surface area contributed by atoms with E-state index in [2.05, 4.69) is 0 Å². The first kappa shape index (κ1) is 13.7. The molecule has 0 atom stereocenters. The van der Waals surface area contributed by atoms with Gasteiger partial charge >= 0.3 is 0 Å². The monoisotopic (exact) mass is 274 g/mol. The first-order valence-electron chi connectivity index (χ1n) is 6.37. The van der Waals surface area contributed by atoms with E-state index in [4.69, 9.17) is 11.5 Å². The summed E-state index contributed by atoms with van der Waals surface area (Å²) in [6.07, 6.45) is 1.47. The molecule has 0 saturated carbocycles. The van der Waals surface area contributed by atoms with Gasteiger partial charge in [0.05, 0.1) is 0 Å². The number of hydrogen-bond donors (Lipinski definition) is 2. The topological polar surface area (TPSA) is 69.1 Å². The average molecular weight is 274 g/mol. The fraction of sp³-hybridized carbons (Fsp3) is 0.200. The second-order valence-corrected chi connectivity index (χ2v) is 7.61. The van der Waals surface area contributed by atoms with E-state index in [0.717, 1.165) is 17.0 Å². The van der Waals surface area contributed by atoms with Crippen LogP contribution in [-0.2, 0) is 4.57 Å². The highest BCUT2D eigenvalue weighted by Crippen LogP contribution is 2.44. The zero-order valence-electron chi connectivity index (χ0n) is 11.0. The van der Waals surface area contributed by atoms with Crippen LogP contribution in [0.25, 0.3) is 0 Å². The van der Waals surface area contributed by atoms with Crippen LogP contribution in [0.2, 0.25) is 0 Å². The van der Waals surface area contributed by atoms with Crippen LogP contribution in [0.3, 0.4) is 0 Å². The quantitative estimate of drug-likeness (QED) is 0.665. The minimum atomic E-state index is -2.64. The summed E-state index contributed by atoms with van der Waals surface area (Å²) in [5, 5.41) is 1.61. The van der Waals surface area contributed by atoms with Crippen LogP contribution >= 0.6 is 7.14 Å². The third kappa shape index (κ3) is 2.82. The molecule has 2 aromatic rings. The second kappa shape index (κ2) is 5.50. The summed E-state index contributed by atoms with van der Waals surface area (Å²) in [5.41, 5.74) is 12.9. The number of rotatable bonds is 4. The molecule has 3 nitrogen and oxygen atoms in total. The molecule has 0 unspecified atom stereocenters. The van der Waals surface area contributed by atoms with Crippen molar-refractivity contribution in [2.24, 2.45) is 0 Å². The Labute approximate surface area is 114 Å². The molecule has 0 aliphatic rings. The number of benzene rings is 2. The highest BCUT2D eigenvalue weighted by Gasteiger charge is 2.26. The first-order valence-corrected chi connectivity index (χ1v) is 8.27. The second-order valence-electron chi connectivity index (χ2n) is 4.65. The van der Waals surface area contributed by atoms with Crippen molar-refractivity contribution in [3.63, 3.8) is 0 Å². The molecule has 4 heteroatoms. The summed E-state index contributed by atoms with van der Waals surface area (Å²) in [4.78, 5) is 0. The third-order valence-corrected chi connectivity index (χ3v) is 6.41. The highest BCUT2D eigenvalue weighted by molar-refractivity contribution is 7.78. The van der Waals surface area contributed by atoms with Gasteiger partial charge in [-0.25, -0.2) is 0 Å². The molecule has 0 aromatic heterocycles. The normalized spacial score (nSPS) is 11.4. The van der Waals surface area contributed by atoms with Gasteiger partial charge in [-0.05, 0) is 30.7 Å². The number of nitrogens with two attached hydrogens (primary N) is 2. The zero-order chi connectivity index (χ0) is 13.9. The van der Waals surface area contributed by atoms with Crippen LogP contribution in [0.1, 0.15) is 13.3 Å². The molecule has 4 N–H and O–H groups in total. The van der Waals surface area contributed by atoms with E-state index in [1.54, 1.807) is 24.3 Å². The van der Waals surface area contributed by atoms with Crippen molar-refractivity contribution in [1.82, 2.24) is 0 Å². The molecule has 2 rings (SSSR count). The third-order valence-electron chi connectivity index (χ3n) is 3.11. The predicted octanol–water partition coefficient (Wildman–Crippen LogP) is 2.57. The van der Waals surface area contributed by atoms with Gasteiger partial charge in [0.1, 0.15) is 7.14 Å². The molecular weight excluding hydrogens is 255 g/mol. The minimum Gasteiger partial charge on any atom is -0.399 e. The molecule has 100 valence electrons. The van der Waals surface area contributed by atoms with Crippen molar-refractivity contribution >= 4 is 29.1 Å². The molecule has 0 fully saturated rings. The summed E-state index contributed by atoms with van der Waals surface area (Å²) < 4.78 is 13.4. The maximum atomic E-state index is 13.4. The van der Waals surface area contributed by atoms with Gasteiger partial charge in [-0.2, -0.15) is 0 Å². The van der Waals surface area contributed by atoms with Crippen molar-refractivity contribution in [2.75, 3.05) is 17.6 Å². The van der Waals surface area contributed by atoms with Gasteiger partial charge in [0.25, 0.3) is 0 Å². The molecule has 0 amide bonds. The highest BCUT2D eigenvalue weighted by atomic mass is 31.2. The van der Waals surface area contributed by atoms with Crippen LogP contribution in [0, 0.1) is 0 Å². The average Bonchev–Trinajstić information content (AvgIpc) is 2.39. The summed E-state index contributed by atoms with van der Waals surface area (Å²) in [6.45, 7) is 2.03. The van der Waals surface area contributed by atoms with E-state index in [9.17, 15) is 4.57 Å². The van der Waals surface area contributed by atoms with E-state index >= 15 is 0 Å². The first-order chi connectivity index (χ1) is 9.06. The minimum absolute atomic E-state index is 0.625. The zero-order valence-corrected chi connectivity index (χ0v) is 11.9. The van der Waals surface area contributed by atoms with E-state index in [1.165, 1.54) is 0 Å². The van der Waals surface area contributed by atoms with Gasteiger partial charge < -0.3 is 16.0 Å². The Kier molecular flexibility index (Phi) is 3.96. The molecule has 0 spiro atoms. The van der Waals surface area contributed by atoms with Crippen LogP contribution in [-0.4, -0.2) is 6.16 Å². The van der Waals surface area contributed by atoms with Crippen LogP contribution < -0.4 is 22.1 Å². The molecule has 0 saturated heterocycles. The molecule has 0 aliphatic heterocycles. The Morgan fingerprint density at radius 1 is 0.947 bits per heavy atom. The predicted molar refractivity (Wildman–Crippen MR) is 83.7 cm³/mol. The van der Waals surface area contributed by atoms with Crippen molar-refractivity contribution in [1.29, 1.82) is 0 Å². The van der Waals surface area contributed by atoms with E-state index in [1.807, 2.05) is 31.2 Å². The van der Waals surface area contributed by atoms with E-state index in [0.29, 0.717) is 17.5 Å².